The normalized spacial score (nSPS) is 19.5. The highest BCUT2D eigenvalue weighted by molar-refractivity contribution is 6.06. The number of hydrogen-bond donors (Lipinski definition) is 0. The van der Waals surface area contributed by atoms with Crippen LogP contribution >= 0.6 is 0 Å². The third-order valence-electron chi connectivity index (χ3n) is 5.32. The molecule has 0 aliphatic carbocycles. The number of nitrogens with zero attached hydrogens (tertiary/aromatic N) is 1. The summed E-state index contributed by atoms with van der Waals surface area (Å²) in [4.78, 5) is 14.8. The Labute approximate surface area is 185 Å². The fourth-order valence-corrected chi connectivity index (χ4v) is 3.83. The van der Waals surface area contributed by atoms with Crippen molar-refractivity contribution in [2.45, 2.75) is 39.4 Å². The van der Waals surface area contributed by atoms with Crippen molar-refractivity contribution in [2.75, 3.05) is 33.4 Å². The lowest BCUT2D eigenvalue weighted by atomic mass is 10.1. The smallest absolute Gasteiger partial charge is 0.185 e. The first-order valence-corrected chi connectivity index (χ1v) is 10.9. The zero-order chi connectivity index (χ0) is 22.2. The summed E-state index contributed by atoms with van der Waals surface area (Å²) in [7, 11) is 1.63. The van der Waals surface area contributed by atoms with Gasteiger partial charge in [-0.3, -0.25) is 9.69 Å². The average Bonchev–Trinajstić information content (AvgIpc) is 2.75. The fraction of sp³-hybridized carbons (Fsp3) is 0.423. The summed E-state index contributed by atoms with van der Waals surface area (Å²) in [5, 5.41) is 0. The molecule has 1 saturated heterocycles. The maximum atomic E-state index is 12.3. The predicted octanol–water partition coefficient (Wildman–Crippen LogP) is 4.78. The van der Waals surface area contributed by atoms with Crippen molar-refractivity contribution in [3.05, 3.63) is 65.2 Å². The molecule has 0 radical (unpaired) electrons. The summed E-state index contributed by atoms with van der Waals surface area (Å²) < 4.78 is 17.2. The zero-order valence-corrected chi connectivity index (χ0v) is 19.0. The second-order valence-electron chi connectivity index (χ2n) is 8.19. The minimum absolute atomic E-state index is 0.0222. The van der Waals surface area contributed by atoms with Crippen LogP contribution in [-0.2, 0) is 4.74 Å². The Morgan fingerprint density at radius 2 is 1.81 bits per heavy atom. The van der Waals surface area contributed by atoms with Gasteiger partial charge in [-0.15, -0.1) is 0 Å². The molecule has 2 unspecified atom stereocenters. The fourth-order valence-electron chi connectivity index (χ4n) is 3.83. The lowest BCUT2D eigenvalue weighted by Gasteiger charge is -2.35. The van der Waals surface area contributed by atoms with Crippen LogP contribution in [0.2, 0.25) is 0 Å². The van der Waals surface area contributed by atoms with Crippen LogP contribution in [0.3, 0.4) is 0 Å². The number of ether oxygens (including phenoxy) is 3. The molecule has 0 amide bonds. The van der Waals surface area contributed by atoms with Crippen molar-refractivity contribution in [1.82, 2.24) is 4.90 Å². The van der Waals surface area contributed by atoms with Crippen LogP contribution in [0.1, 0.15) is 41.8 Å². The van der Waals surface area contributed by atoms with Gasteiger partial charge in [0.05, 0.1) is 25.9 Å². The zero-order valence-electron chi connectivity index (χ0n) is 19.0. The van der Waals surface area contributed by atoms with Crippen LogP contribution in [0.5, 0.6) is 11.5 Å². The molecule has 2 aromatic carbocycles. The maximum absolute atomic E-state index is 12.3. The molecule has 2 aromatic rings. The molecule has 3 rings (SSSR count). The Bertz CT molecular complexity index is 881. The Morgan fingerprint density at radius 3 is 2.48 bits per heavy atom. The summed E-state index contributed by atoms with van der Waals surface area (Å²) in [5.41, 5.74) is 2.70. The van der Waals surface area contributed by atoms with Gasteiger partial charge in [0.1, 0.15) is 0 Å². The van der Waals surface area contributed by atoms with Gasteiger partial charge >= 0.3 is 0 Å². The second-order valence-corrected chi connectivity index (χ2v) is 8.19. The molecule has 166 valence electrons. The molecule has 2 atom stereocenters. The average molecular weight is 424 g/mol. The van der Waals surface area contributed by atoms with Crippen molar-refractivity contribution in [2.24, 2.45) is 0 Å². The molecule has 0 bridgehead atoms. The van der Waals surface area contributed by atoms with E-state index in [4.69, 9.17) is 14.2 Å². The van der Waals surface area contributed by atoms with Gasteiger partial charge in [0.25, 0.3) is 0 Å². The van der Waals surface area contributed by atoms with Gasteiger partial charge < -0.3 is 14.2 Å². The van der Waals surface area contributed by atoms with E-state index < -0.39 is 0 Å². The molecule has 1 fully saturated rings. The Balaban J connectivity index is 1.52. The van der Waals surface area contributed by atoms with Crippen molar-refractivity contribution in [3.8, 4) is 11.5 Å². The Morgan fingerprint density at radius 1 is 1.10 bits per heavy atom. The Hall–Kier alpha value is -2.63. The molecule has 1 heterocycles. The van der Waals surface area contributed by atoms with Crippen molar-refractivity contribution in [3.63, 3.8) is 0 Å². The summed E-state index contributed by atoms with van der Waals surface area (Å²) >= 11 is 0. The summed E-state index contributed by atoms with van der Waals surface area (Å²) in [5.74, 6) is 1.36. The van der Waals surface area contributed by atoms with Gasteiger partial charge in [-0.25, -0.2) is 0 Å². The molecule has 0 N–H and O–H groups in total. The van der Waals surface area contributed by atoms with E-state index in [1.807, 2.05) is 49.4 Å². The molecule has 5 heteroatoms. The predicted molar refractivity (Wildman–Crippen MR) is 124 cm³/mol. The number of rotatable bonds is 9. The van der Waals surface area contributed by atoms with E-state index in [0.29, 0.717) is 23.7 Å². The van der Waals surface area contributed by atoms with E-state index in [1.165, 1.54) is 0 Å². The number of carbonyl (C=O) groups is 1. The summed E-state index contributed by atoms with van der Waals surface area (Å²) in [6.07, 6.45) is 4.89. The van der Waals surface area contributed by atoms with E-state index in [2.05, 4.69) is 18.7 Å². The first-order chi connectivity index (χ1) is 14.9. The van der Waals surface area contributed by atoms with E-state index in [9.17, 15) is 4.79 Å². The third kappa shape index (κ3) is 6.94. The number of ketones is 1. The molecule has 1 aliphatic heterocycles. The minimum atomic E-state index is -0.0222. The summed E-state index contributed by atoms with van der Waals surface area (Å²) in [6.45, 7) is 9.79. The van der Waals surface area contributed by atoms with Gasteiger partial charge in [-0.05, 0) is 51.0 Å². The molecule has 31 heavy (non-hydrogen) atoms. The SMILES string of the molecule is COc1cc(/C=C/C(=O)c2ccc(C)cc2)ccc1OCCCN1CC(C)OC(C)C1. The van der Waals surface area contributed by atoms with Gasteiger partial charge in [-0.1, -0.05) is 42.0 Å². The van der Waals surface area contributed by atoms with Crippen LogP contribution in [0.4, 0.5) is 0 Å². The highest BCUT2D eigenvalue weighted by atomic mass is 16.5. The second kappa shape index (κ2) is 11.1. The van der Waals surface area contributed by atoms with Crippen molar-refractivity contribution >= 4 is 11.9 Å². The highest BCUT2D eigenvalue weighted by Gasteiger charge is 2.21. The number of hydrogen-bond acceptors (Lipinski definition) is 5. The number of carbonyl (C=O) groups excluding carboxylic acids is 1. The first kappa shape index (κ1) is 23.0. The van der Waals surface area contributed by atoms with Gasteiger partial charge in [0.2, 0.25) is 0 Å². The topological polar surface area (TPSA) is 48.0 Å². The summed E-state index contributed by atoms with van der Waals surface area (Å²) in [6, 6.07) is 13.3. The van der Waals surface area contributed by atoms with Crippen LogP contribution in [0.25, 0.3) is 6.08 Å². The molecular weight excluding hydrogens is 390 g/mol. The molecule has 1 aliphatic rings. The maximum Gasteiger partial charge on any atom is 0.185 e. The quantitative estimate of drug-likeness (QED) is 0.330. The third-order valence-corrected chi connectivity index (χ3v) is 5.32. The molecular formula is C26H33NO4. The standard InChI is InChI=1S/C26H33NO4/c1-19-6-10-23(11-7-19)24(28)12-8-22-9-13-25(26(16-22)29-4)30-15-5-14-27-17-20(2)31-21(3)18-27/h6-13,16,20-21H,5,14-15,17-18H2,1-4H3/b12-8+. The van der Waals surface area contributed by atoms with Crippen LogP contribution < -0.4 is 9.47 Å². The van der Waals surface area contributed by atoms with Gasteiger partial charge in [0.15, 0.2) is 17.3 Å². The van der Waals surface area contributed by atoms with Crippen molar-refractivity contribution in [1.29, 1.82) is 0 Å². The number of morpholine rings is 1. The molecule has 0 spiro atoms. The monoisotopic (exact) mass is 423 g/mol. The Kier molecular flexibility index (Phi) is 8.27. The van der Waals surface area contributed by atoms with Crippen molar-refractivity contribution < 1.29 is 19.0 Å². The van der Waals surface area contributed by atoms with Crippen LogP contribution in [0, 0.1) is 6.92 Å². The lowest BCUT2D eigenvalue weighted by Crippen LogP contribution is -2.45. The number of allylic oxidation sites excluding steroid dienone is 1. The van der Waals surface area contributed by atoms with Gasteiger partial charge in [-0.2, -0.15) is 0 Å². The molecule has 5 nitrogen and oxygen atoms in total. The first-order valence-electron chi connectivity index (χ1n) is 10.9. The van der Waals surface area contributed by atoms with E-state index in [1.54, 1.807) is 19.3 Å². The van der Waals surface area contributed by atoms with E-state index in [0.717, 1.165) is 37.2 Å². The number of aryl methyl sites for hydroxylation is 1. The largest absolute Gasteiger partial charge is 0.493 e. The lowest BCUT2D eigenvalue weighted by molar-refractivity contribution is -0.0686. The van der Waals surface area contributed by atoms with Gasteiger partial charge in [0, 0.05) is 25.2 Å². The van der Waals surface area contributed by atoms with E-state index in [-0.39, 0.29) is 18.0 Å². The minimum Gasteiger partial charge on any atom is -0.493 e. The molecule has 0 saturated carbocycles. The highest BCUT2D eigenvalue weighted by Crippen LogP contribution is 2.29. The number of methoxy groups -OCH3 is 1. The molecule has 0 aromatic heterocycles. The van der Waals surface area contributed by atoms with E-state index >= 15 is 0 Å². The van der Waals surface area contributed by atoms with Crippen LogP contribution in [0.15, 0.2) is 48.5 Å². The van der Waals surface area contributed by atoms with Crippen LogP contribution in [-0.4, -0.2) is 56.2 Å². The number of benzene rings is 2.